The number of amidine groups is 1. The lowest BCUT2D eigenvalue weighted by atomic mass is 10.1. The molecule has 1 aliphatic heterocycles. The summed E-state index contributed by atoms with van der Waals surface area (Å²) in [4.78, 5) is 25.2. The van der Waals surface area contributed by atoms with Crippen molar-refractivity contribution in [3.8, 4) is 0 Å². The number of rotatable bonds is 4. The minimum absolute atomic E-state index is 0.185. The normalized spacial score (nSPS) is 16.5. The molecule has 1 amide bonds. The fourth-order valence-corrected chi connectivity index (χ4v) is 4.65. The largest absolute Gasteiger partial charge is 0.450 e. The highest BCUT2D eigenvalue weighted by atomic mass is 32.2. The van der Waals surface area contributed by atoms with E-state index >= 15 is 0 Å². The van der Waals surface area contributed by atoms with Crippen LogP contribution >= 0.6 is 23.5 Å². The first-order chi connectivity index (χ1) is 15.0. The molecule has 0 unspecified atom stereocenters. The molecule has 0 radical (unpaired) electrons. The molecule has 0 atom stereocenters. The second-order valence-electron chi connectivity index (χ2n) is 7.07. The number of amides is 1. The van der Waals surface area contributed by atoms with E-state index in [0.717, 1.165) is 27.4 Å². The van der Waals surface area contributed by atoms with Crippen molar-refractivity contribution in [2.45, 2.75) is 24.1 Å². The molecule has 4 aromatic rings. The minimum Gasteiger partial charge on any atom is -0.450 e. The van der Waals surface area contributed by atoms with Gasteiger partial charge in [0.05, 0.1) is 21.6 Å². The fourth-order valence-electron chi connectivity index (χ4n) is 3.06. The van der Waals surface area contributed by atoms with Gasteiger partial charge in [-0.05, 0) is 84.9 Å². The van der Waals surface area contributed by atoms with Crippen LogP contribution in [0.1, 0.15) is 16.9 Å². The predicted octanol–water partition coefficient (Wildman–Crippen LogP) is 5.82. The lowest BCUT2D eigenvalue weighted by molar-refractivity contribution is -0.115. The number of aryl methyl sites for hydroxylation is 2. The quantitative estimate of drug-likeness (QED) is 0.386. The number of hydrogen-bond acceptors (Lipinski definition) is 6. The molecular weight excluding hydrogens is 428 g/mol. The first-order valence-corrected chi connectivity index (χ1v) is 11.3. The third-order valence-electron chi connectivity index (χ3n) is 4.81. The van der Waals surface area contributed by atoms with Crippen LogP contribution in [0.3, 0.4) is 0 Å². The number of fused-ring (bicyclic) bond motifs is 1. The summed E-state index contributed by atoms with van der Waals surface area (Å²) in [6, 6.07) is 17.5. The number of aromatic nitrogens is 2. The molecule has 31 heavy (non-hydrogen) atoms. The van der Waals surface area contributed by atoms with Crippen molar-refractivity contribution in [2.24, 2.45) is 4.99 Å². The number of benzene rings is 2. The van der Waals surface area contributed by atoms with Crippen LogP contribution in [0, 0.1) is 13.8 Å². The molecule has 8 heteroatoms. The molecule has 2 aromatic heterocycles. The van der Waals surface area contributed by atoms with Crippen LogP contribution in [-0.2, 0) is 4.79 Å². The highest BCUT2D eigenvalue weighted by Crippen LogP contribution is 2.32. The molecule has 154 valence electrons. The number of carbonyl (C=O) groups is 1. The average molecular weight is 447 g/mol. The van der Waals surface area contributed by atoms with Gasteiger partial charge in [-0.25, -0.2) is 9.98 Å². The van der Waals surface area contributed by atoms with Gasteiger partial charge in [0.25, 0.3) is 5.91 Å². The molecule has 1 fully saturated rings. The highest BCUT2D eigenvalue weighted by Gasteiger charge is 2.24. The molecule has 1 aliphatic rings. The highest BCUT2D eigenvalue weighted by molar-refractivity contribution is 8.18. The number of hydrogen-bond donors (Lipinski definition) is 2. The number of nitrogens with zero attached hydrogens (tertiary/aromatic N) is 2. The number of carbonyl (C=O) groups excluding carboxylic acids is 1. The van der Waals surface area contributed by atoms with E-state index in [1.807, 2.05) is 61.5 Å². The van der Waals surface area contributed by atoms with Gasteiger partial charge in [-0.1, -0.05) is 18.2 Å². The summed E-state index contributed by atoms with van der Waals surface area (Å²) >= 11 is 2.70. The van der Waals surface area contributed by atoms with Crippen molar-refractivity contribution in [2.75, 3.05) is 0 Å². The maximum Gasteiger partial charge on any atom is 0.264 e. The van der Waals surface area contributed by atoms with Gasteiger partial charge >= 0.3 is 0 Å². The van der Waals surface area contributed by atoms with Crippen molar-refractivity contribution in [3.63, 3.8) is 0 Å². The second-order valence-corrected chi connectivity index (χ2v) is 9.09. The number of furan rings is 1. The van der Waals surface area contributed by atoms with E-state index in [4.69, 9.17) is 4.42 Å². The van der Waals surface area contributed by atoms with Crippen LogP contribution in [0.5, 0.6) is 0 Å². The zero-order valence-electron chi connectivity index (χ0n) is 16.8. The van der Waals surface area contributed by atoms with Gasteiger partial charge in [0.15, 0.2) is 15.4 Å². The van der Waals surface area contributed by atoms with Crippen LogP contribution in [-0.4, -0.2) is 21.0 Å². The maximum absolute atomic E-state index is 12.4. The Hall–Kier alpha value is -3.23. The van der Waals surface area contributed by atoms with Crippen molar-refractivity contribution >= 4 is 57.4 Å². The molecule has 3 heterocycles. The van der Waals surface area contributed by atoms with Crippen LogP contribution < -0.4 is 5.32 Å². The summed E-state index contributed by atoms with van der Waals surface area (Å²) in [6.07, 6.45) is 1.73. The molecular formula is C23H18N4O2S2. The molecule has 1 saturated heterocycles. The number of aromatic amines is 1. The Balaban J connectivity index is 1.31. The minimum atomic E-state index is -0.185. The molecule has 2 aromatic carbocycles. The number of aliphatic imine (C=N–C) groups is 1. The van der Waals surface area contributed by atoms with Crippen molar-refractivity contribution in [1.82, 2.24) is 15.3 Å². The van der Waals surface area contributed by atoms with Gasteiger partial charge in [-0.3, -0.25) is 4.79 Å². The van der Waals surface area contributed by atoms with E-state index in [1.54, 1.807) is 6.08 Å². The van der Waals surface area contributed by atoms with Gasteiger partial charge in [0, 0.05) is 6.08 Å². The number of H-pyrrole nitrogens is 1. The summed E-state index contributed by atoms with van der Waals surface area (Å²) in [7, 11) is 0. The Morgan fingerprint density at radius 1 is 1.10 bits per heavy atom. The molecule has 2 N–H and O–H groups in total. The van der Waals surface area contributed by atoms with Gasteiger partial charge in [-0.15, -0.1) is 0 Å². The van der Waals surface area contributed by atoms with Crippen molar-refractivity contribution in [1.29, 1.82) is 0 Å². The Morgan fingerprint density at radius 3 is 2.81 bits per heavy atom. The van der Waals surface area contributed by atoms with E-state index < -0.39 is 0 Å². The maximum atomic E-state index is 12.4. The lowest BCUT2D eigenvalue weighted by Crippen LogP contribution is -2.19. The SMILES string of the molecule is Cc1ccc(N=C2NC(=O)/C(=C\c3ccc(Sc4nc5ccccc5[nH]4)o3)S2)cc1C. The zero-order valence-corrected chi connectivity index (χ0v) is 18.4. The molecule has 0 aliphatic carbocycles. The summed E-state index contributed by atoms with van der Waals surface area (Å²) in [5.41, 5.74) is 5.08. The Bertz CT molecular complexity index is 1330. The van der Waals surface area contributed by atoms with Crippen molar-refractivity contribution in [3.05, 3.63) is 76.4 Å². The van der Waals surface area contributed by atoms with Crippen LogP contribution in [0.2, 0.25) is 0 Å². The standard InChI is InChI=1S/C23H18N4O2S2/c1-13-7-8-15(11-14(13)2)24-22-27-21(28)19(30-22)12-16-9-10-20(29-16)31-23-25-17-5-3-4-6-18(17)26-23/h3-12H,1-2H3,(H,25,26)(H,24,27,28)/b19-12+. The van der Waals surface area contributed by atoms with Crippen molar-refractivity contribution < 1.29 is 9.21 Å². The number of nitrogens with one attached hydrogen (secondary N) is 2. The predicted molar refractivity (Wildman–Crippen MR) is 126 cm³/mol. The van der Waals surface area contributed by atoms with Crippen LogP contribution in [0.4, 0.5) is 5.69 Å². The monoisotopic (exact) mass is 446 g/mol. The molecule has 0 saturated carbocycles. The Kier molecular flexibility index (Phi) is 5.17. The molecule has 0 spiro atoms. The van der Waals surface area contributed by atoms with E-state index in [0.29, 0.717) is 20.9 Å². The topological polar surface area (TPSA) is 83.3 Å². The van der Waals surface area contributed by atoms with Crippen LogP contribution in [0.25, 0.3) is 17.1 Å². The van der Waals surface area contributed by atoms with Gasteiger partial charge < -0.3 is 14.7 Å². The van der Waals surface area contributed by atoms with Crippen LogP contribution in [0.15, 0.2) is 79.2 Å². The molecule has 6 nitrogen and oxygen atoms in total. The average Bonchev–Trinajstić information content (AvgIpc) is 3.44. The fraction of sp³-hybridized carbons (Fsp3) is 0.0870. The second kappa shape index (κ2) is 8.13. The number of imidazole rings is 1. The first kappa shape index (κ1) is 19.7. The Labute approximate surface area is 187 Å². The first-order valence-electron chi connectivity index (χ1n) is 9.63. The lowest BCUT2D eigenvalue weighted by Gasteiger charge is -2.01. The number of thioether (sulfide) groups is 1. The van der Waals surface area contributed by atoms with Gasteiger partial charge in [-0.2, -0.15) is 0 Å². The third-order valence-corrected chi connectivity index (χ3v) is 6.53. The zero-order chi connectivity index (χ0) is 21.4. The Morgan fingerprint density at radius 2 is 1.97 bits per heavy atom. The molecule has 5 rings (SSSR count). The van der Waals surface area contributed by atoms with Gasteiger partial charge in [0.1, 0.15) is 5.76 Å². The number of para-hydroxylation sites is 2. The summed E-state index contributed by atoms with van der Waals surface area (Å²) in [5, 5.41) is 4.82. The smallest absolute Gasteiger partial charge is 0.264 e. The summed E-state index contributed by atoms with van der Waals surface area (Å²) < 4.78 is 5.87. The summed E-state index contributed by atoms with van der Waals surface area (Å²) in [5.74, 6) is 0.416. The van der Waals surface area contributed by atoms with E-state index in [-0.39, 0.29) is 5.91 Å². The summed E-state index contributed by atoms with van der Waals surface area (Å²) in [6.45, 7) is 4.10. The third kappa shape index (κ3) is 4.30. The molecule has 0 bridgehead atoms. The van der Waals surface area contributed by atoms with E-state index in [2.05, 4.69) is 27.2 Å². The van der Waals surface area contributed by atoms with Gasteiger partial charge in [0.2, 0.25) is 0 Å². The van der Waals surface area contributed by atoms with E-state index in [1.165, 1.54) is 29.1 Å². The van der Waals surface area contributed by atoms with E-state index in [9.17, 15) is 4.79 Å².